The van der Waals surface area contributed by atoms with Crippen LogP contribution < -0.4 is 15.8 Å². The summed E-state index contributed by atoms with van der Waals surface area (Å²) in [7, 11) is 0. The van der Waals surface area contributed by atoms with Gasteiger partial charge in [0, 0.05) is 16.8 Å². The van der Waals surface area contributed by atoms with Gasteiger partial charge in [-0.2, -0.15) is 0 Å². The van der Waals surface area contributed by atoms with E-state index < -0.39 is 5.92 Å². The highest BCUT2D eigenvalue weighted by atomic mass is 19.1. The highest BCUT2D eigenvalue weighted by Crippen LogP contribution is 2.32. The van der Waals surface area contributed by atoms with Crippen molar-refractivity contribution < 1.29 is 18.8 Å². The first-order chi connectivity index (χ1) is 18.0. The lowest BCUT2D eigenvalue weighted by molar-refractivity contribution is -0.139. The van der Waals surface area contributed by atoms with E-state index >= 15 is 0 Å². The molecule has 3 amide bonds. The predicted octanol–water partition coefficient (Wildman–Crippen LogP) is 4.58. The van der Waals surface area contributed by atoms with Crippen molar-refractivity contribution >= 4 is 40.1 Å². The number of allylic oxidation sites excluding steroid dienone is 2. The molecule has 184 valence electrons. The van der Waals surface area contributed by atoms with Crippen LogP contribution in [-0.4, -0.2) is 27.7 Å². The number of rotatable bonds is 4. The Kier molecular flexibility index (Phi) is 5.52. The number of amides is 3. The molecular weight excluding hydrogens is 473 g/mol. The number of benzene rings is 3. The van der Waals surface area contributed by atoms with Crippen LogP contribution in [0.1, 0.15) is 23.2 Å². The molecule has 3 aromatic carbocycles. The van der Waals surface area contributed by atoms with Gasteiger partial charge < -0.3 is 10.3 Å². The standard InChI is InChI=1S/C28H22FN5O3/c29-18-10-8-16(9-11-18)25-31-23-13-12-19(15-24(23)32-25)30-26(35)17-4-3-5-20(14-17)34-28(37)22-7-2-1-6-21(22)27(36)33-34/h1-5,8-15,21-22H,6-7H2,(H,30,35)(H,31,32)(H,33,36). The molecule has 2 unspecified atom stereocenters. The van der Waals surface area contributed by atoms with Gasteiger partial charge in [0.2, 0.25) is 11.8 Å². The normalized spacial score (nSPS) is 19.0. The molecule has 2 heterocycles. The number of H-pyrrole nitrogens is 1. The van der Waals surface area contributed by atoms with Crippen molar-refractivity contribution in [3.63, 3.8) is 0 Å². The van der Waals surface area contributed by atoms with Crippen molar-refractivity contribution in [3.05, 3.63) is 90.3 Å². The summed E-state index contributed by atoms with van der Waals surface area (Å²) in [5.41, 5.74) is 6.15. The second-order valence-corrected chi connectivity index (χ2v) is 9.13. The van der Waals surface area contributed by atoms with Crippen LogP contribution >= 0.6 is 0 Å². The number of nitrogens with one attached hydrogen (secondary N) is 3. The van der Waals surface area contributed by atoms with Gasteiger partial charge in [0.25, 0.3) is 5.91 Å². The molecule has 9 heteroatoms. The highest BCUT2D eigenvalue weighted by Gasteiger charge is 2.42. The van der Waals surface area contributed by atoms with Crippen LogP contribution in [0.3, 0.4) is 0 Å². The monoisotopic (exact) mass is 495 g/mol. The van der Waals surface area contributed by atoms with Crippen molar-refractivity contribution in [1.82, 2.24) is 15.4 Å². The minimum atomic E-state index is -0.405. The quantitative estimate of drug-likeness (QED) is 0.360. The molecule has 2 atom stereocenters. The van der Waals surface area contributed by atoms with E-state index in [1.165, 1.54) is 17.1 Å². The van der Waals surface area contributed by atoms with Gasteiger partial charge in [0.1, 0.15) is 11.6 Å². The number of carbonyl (C=O) groups excluding carboxylic acids is 3. The first-order valence-electron chi connectivity index (χ1n) is 11.9. The molecule has 8 nitrogen and oxygen atoms in total. The molecule has 0 bridgehead atoms. The third kappa shape index (κ3) is 4.24. The fourth-order valence-electron chi connectivity index (χ4n) is 4.80. The van der Waals surface area contributed by atoms with Crippen molar-refractivity contribution in [1.29, 1.82) is 0 Å². The van der Waals surface area contributed by atoms with E-state index in [9.17, 15) is 18.8 Å². The van der Waals surface area contributed by atoms with Gasteiger partial charge in [-0.15, -0.1) is 0 Å². The van der Waals surface area contributed by atoms with Crippen LogP contribution in [0.2, 0.25) is 0 Å². The molecule has 3 N–H and O–H groups in total. The number of fused-ring (bicyclic) bond motifs is 2. The summed E-state index contributed by atoms with van der Waals surface area (Å²) in [6.07, 6.45) is 4.93. The summed E-state index contributed by atoms with van der Waals surface area (Å²) >= 11 is 0. The molecule has 37 heavy (non-hydrogen) atoms. The molecule has 1 saturated heterocycles. The Morgan fingerprint density at radius 3 is 2.57 bits per heavy atom. The minimum Gasteiger partial charge on any atom is -0.338 e. The number of nitrogens with zero attached hydrogens (tertiary/aromatic N) is 2. The Morgan fingerprint density at radius 2 is 1.76 bits per heavy atom. The van der Waals surface area contributed by atoms with E-state index in [0.717, 1.165) is 5.56 Å². The highest BCUT2D eigenvalue weighted by molar-refractivity contribution is 6.08. The second kappa shape index (κ2) is 9.02. The van der Waals surface area contributed by atoms with Gasteiger partial charge in [0.05, 0.1) is 28.6 Å². The molecule has 1 aliphatic carbocycles. The molecule has 0 spiro atoms. The third-order valence-electron chi connectivity index (χ3n) is 6.75. The number of anilines is 2. The molecule has 1 aliphatic heterocycles. The SMILES string of the molecule is O=C(Nc1ccc2nc(-c3ccc(F)cc3)[nH]c2c1)c1cccc(N2NC(=O)C3CC=CCC3C2=O)c1. The summed E-state index contributed by atoms with van der Waals surface area (Å²) in [5, 5.41) is 4.11. The maximum absolute atomic E-state index is 13.2. The summed E-state index contributed by atoms with van der Waals surface area (Å²) in [6.45, 7) is 0. The first kappa shape index (κ1) is 22.7. The second-order valence-electron chi connectivity index (χ2n) is 9.13. The number of imidazole rings is 1. The van der Waals surface area contributed by atoms with Crippen LogP contribution in [-0.2, 0) is 9.59 Å². The predicted molar refractivity (Wildman–Crippen MR) is 137 cm³/mol. The van der Waals surface area contributed by atoms with E-state index in [1.54, 1.807) is 54.6 Å². The third-order valence-corrected chi connectivity index (χ3v) is 6.75. The number of aromatic nitrogens is 2. The number of carbonyl (C=O) groups is 3. The topological polar surface area (TPSA) is 107 Å². The van der Waals surface area contributed by atoms with Crippen LogP contribution in [0.4, 0.5) is 15.8 Å². The maximum atomic E-state index is 13.2. The molecule has 4 aromatic rings. The number of halogens is 1. The molecular formula is C28H22FN5O3. The smallest absolute Gasteiger partial charge is 0.255 e. The average Bonchev–Trinajstić information content (AvgIpc) is 3.35. The van der Waals surface area contributed by atoms with Crippen molar-refractivity contribution in [2.45, 2.75) is 12.8 Å². The number of hydrogen-bond donors (Lipinski definition) is 3. The lowest BCUT2D eigenvalue weighted by atomic mass is 9.80. The van der Waals surface area contributed by atoms with Crippen LogP contribution in [0, 0.1) is 17.7 Å². The summed E-state index contributed by atoms with van der Waals surface area (Å²) < 4.78 is 13.2. The Labute approximate surface area is 211 Å². The molecule has 1 fully saturated rings. The number of hydrogen-bond acceptors (Lipinski definition) is 4. The van der Waals surface area contributed by atoms with Crippen molar-refractivity contribution in [2.75, 3.05) is 10.3 Å². The Hall–Kier alpha value is -4.79. The fraction of sp³-hybridized carbons (Fsp3) is 0.143. The van der Waals surface area contributed by atoms with E-state index in [1.807, 2.05) is 12.2 Å². The molecule has 2 aliphatic rings. The molecule has 0 radical (unpaired) electrons. The van der Waals surface area contributed by atoms with Crippen LogP contribution in [0.5, 0.6) is 0 Å². The summed E-state index contributed by atoms with van der Waals surface area (Å²) in [6, 6.07) is 17.9. The Balaban J connectivity index is 1.21. The first-order valence-corrected chi connectivity index (χ1v) is 11.9. The summed E-state index contributed by atoms with van der Waals surface area (Å²) in [5.74, 6) is -1.25. The van der Waals surface area contributed by atoms with E-state index in [-0.39, 0.29) is 29.5 Å². The minimum absolute atomic E-state index is 0.187. The lowest BCUT2D eigenvalue weighted by Crippen LogP contribution is -2.59. The van der Waals surface area contributed by atoms with E-state index in [2.05, 4.69) is 20.7 Å². The molecule has 1 aromatic heterocycles. The maximum Gasteiger partial charge on any atom is 0.255 e. The fourth-order valence-corrected chi connectivity index (χ4v) is 4.80. The molecule has 0 saturated carbocycles. The van der Waals surface area contributed by atoms with Gasteiger partial charge in [-0.3, -0.25) is 19.8 Å². The van der Waals surface area contributed by atoms with Crippen molar-refractivity contribution in [3.8, 4) is 11.4 Å². The van der Waals surface area contributed by atoms with Gasteiger partial charge >= 0.3 is 0 Å². The molecule has 6 rings (SSSR count). The zero-order valence-electron chi connectivity index (χ0n) is 19.6. The largest absolute Gasteiger partial charge is 0.338 e. The zero-order valence-corrected chi connectivity index (χ0v) is 19.6. The van der Waals surface area contributed by atoms with Gasteiger partial charge in [0.15, 0.2) is 0 Å². The van der Waals surface area contributed by atoms with Crippen LogP contribution in [0.15, 0.2) is 78.9 Å². The Bertz CT molecular complexity index is 1580. The van der Waals surface area contributed by atoms with Gasteiger partial charge in [-0.1, -0.05) is 18.2 Å². The van der Waals surface area contributed by atoms with E-state index in [4.69, 9.17) is 0 Å². The van der Waals surface area contributed by atoms with Gasteiger partial charge in [-0.05, 0) is 73.5 Å². The van der Waals surface area contributed by atoms with Gasteiger partial charge in [-0.25, -0.2) is 14.4 Å². The zero-order chi connectivity index (χ0) is 25.5. The van der Waals surface area contributed by atoms with E-state index in [0.29, 0.717) is 46.6 Å². The average molecular weight is 496 g/mol. The Morgan fingerprint density at radius 1 is 0.973 bits per heavy atom. The number of hydrazine groups is 1. The summed E-state index contributed by atoms with van der Waals surface area (Å²) in [4.78, 5) is 46.4. The van der Waals surface area contributed by atoms with Crippen molar-refractivity contribution in [2.24, 2.45) is 11.8 Å². The van der Waals surface area contributed by atoms with Crippen LogP contribution in [0.25, 0.3) is 22.4 Å². The lowest BCUT2D eigenvalue weighted by Gasteiger charge is -2.38. The number of aromatic amines is 1.